The Bertz CT molecular complexity index is 474. The maximum Gasteiger partial charge on any atom is 0.303 e. The van der Waals surface area contributed by atoms with Crippen LogP contribution in [0.2, 0.25) is 0 Å². The van der Waals surface area contributed by atoms with Crippen molar-refractivity contribution in [2.75, 3.05) is 5.32 Å². The molecule has 0 aliphatic heterocycles. The molecule has 1 amide bonds. The largest absolute Gasteiger partial charge is 0.481 e. The van der Waals surface area contributed by atoms with Crippen LogP contribution in [0.3, 0.4) is 0 Å². The lowest BCUT2D eigenvalue weighted by Crippen LogP contribution is -2.22. The van der Waals surface area contributed by atoms with E-state index in [1.165, 1.54) is 0 Å². The lowest BCUT2D eigenvalue weighted by molar-refractivity contribution is -0.137. The number of hydrogen-bond donors (Lipinski definition) is 3. The van der Waals surface area contributed by atoms with Crippen molar-refractivity contribution >= 4 is 17.7 Å². The predicted octanol–water partition coefficient (Wildman–Crippen LogP) is 1.54. The number of pyridine rings is 1. The molecule has 0 saturated heterocycles. The van der Waals surface area contributed by atoms with E-state index in [0.717, 1.165) is 5.56 Å². The smallest absolute Gasteiger partial charge is 0.303 e. The molecule has 1 atom stereocenters. The number of aromatic nitrogens is 1. The average molecular weight is 265 g/mol. The summed E-state index contributed by atoms with van der Waals surface area (Å²) in [6, 6.07) is 1.74. The van der Waals surface area contributed by atoms with Gasteiger partial charge >= 0.3 is 5.97 Å². The molecule has 0 aromatic carbocycles. The lowest BCUT2D eigenvalue weighted by Gasteiger charge is -2.16. The van der Waals surface area contributed by atoms with E-state index >= 15 is 0 Å². The van der Waals surface area contributed by atoms with Gasteiger partial charge in [0.25, 0.3) is 5.91 Å². The van der Waals surface area contributed by atoms with Gasteiger partial charge in [0.15, 0.2) is 0 Å². The minimum Gasteiger partial charge on any atom is -0.481 e. The standard InChI is InChI=1S/C13H19N3O3/c1-8-6-7-15-13(11(8)12(14)19)16-9(2)4-3-5-10(17)18/h6-7,9H,3-5H2,1-2H3,(H2,14,19)(H,15,16)(H,17,18). The van der Waals surface area contributed by atoms with E-state index in [9.17, 15) is 9.59 Å². The van der Waals surface area contributed by atoms with Crippen LogP contribution < -0.4 is 11.1 Å². The van der Waals surface area contributed by atoms with Crippen molar-refractivity contribution in [3.8, 4) is 0 Å². The number of carbonyl (C=O) groups is 2. The Morgan fingerprint density at radius 2 is 2.21 bits per heavy atom. The molecule has 6 heteroatoms. The Labute approximate surface area is 112 Å². The Morgan fingerprint density at radius 1 is 1.53 bits per heavy atom. The Balaban J connectivity index is 2.68. The van der Waals surface area contributed by atoms with Gasteiger partial charge in [0.2, 0.25) is 0 Å². The molecule has 0 fully saturated rings. The molecule has 1 heterocycles. The first kappa shape index (κ1) is 14.9. The number of rotatable bonds is 7. The number of nitrogens with zero attached hydrogens (tertiary/aromatic N) is 1. The van der Waals surface area contributed by atoms with Crippen LogP contribution in [-0.4, -0.2) is 28.0 Å². The molecular weight excluding hydrogens is 246 g/mol. The summed E-state index contributed by atoms with van der Waals surface area (Å²) in [5, 5.41) is 11.7. The first-order valence-electron chi connectivity index (χ1n) is 6.15. The van der Waals surface area contributed by atoms with Gasteiger partial charge in [0, 0.05) is 18.7 Å². The Kier molecular flexibility index (Phi) is 5.29. The Morgan fingerprint density at radius 3 is 2.79 bits per heavy atom. The molecule has 1 aromatic rings. The van der Waals surface area contributed by atoms with Crippen LogP contribution >= 0.6 is 0 Å². The summed E-state index contributed by atoms with van der Waals surface area (Å²) >= 11 is 0. The molecule has 0 saturated carbocycles. The van der Waals surface area contributed by atoms with Crippen molar-refractivity contribution in [3.05, 3.63) is 23.4 Å². The van der Waals surface area contributed by atoms with Crippen LogP contribution in [0.4, 0.5) is 5.82 Å². The van der Waals surface area contributed by atoms with Gasteiger partial charge in [0.05, 0.1) is 5.56 Å². The van der Waals surface area contributed by atoms with Gasteiger partial charge in [0.1, 0.15) is 5.82 Å². The zero-order valence-corrected chi connectivity index (χ0v) is 11.1. The van der Waals surface area contributed by atoms with E-state index < -0.39 is 11.9 Å². The number of anilines is 1. The quantitative estimate of drug-likeness (QED) is 0.693. The molecule has 4 N–H and O–H groups in total. The predicted molar refractivity (Wildman–Crippen MR) is 72.1 cm³/mol. The molecule has 1 rings (SSSR count). The van der Waals surface area contributed by atoms with E-state index in [0.29, 0.717) is 24.2 Å². The zero-order valence-electron chi connectivity index (χ0n) is 11.1. The van der Waals surface area contributed by atoms with Gasteiger partial charge in [-0.1, -0.05) is 0 Å². The average Bonchev–Trinajstić information content (AvgIpc) is 2.27. The summed E-state index contributed by atoms with van der Waals surface area (Å²) in [6.45, 7) is 3.71. The molecule has 0 aliphatic carbocycles. The zero-order chi connectivity index (χ0) is 14.4. The molecule has 6 nitrogen and oxygen atoms in total. The fourth-order valence-corrected chi connectivity index (χ4v) is 1.84. The third kappa shape index (κ3) is 4.57. The number of hydrogen-bond acceptors (Lipinski definition) is 4. The van der Waals surface area contributed by atoms with Gasteiger partial charge in [-0.05, 0) is 38.3 Å². The van der Waals surface area contributed by atoms with Crippen molar-refractivity contribution < 1.29 is 14.7 Å². The molecular formula is C13H19N3O3. The second-order valence-corrected chi connectivity index (χ2v) is 4.55. The van der Waals surface area contributed by atoms with E-state index in [1.54, 1.807) is 19.2 Å². The third-order valence-corrected chi connectivity index (χ3v) is 2.82. The van der Waals surface area contributed by atoms with Crippen LogP contribution in [0.5, 0.6) is 0 Å². The molecule has 1 aromatic heterocycles. The third-order valence-electron chi connectivity index (χ3n) is 2.82. The van der Waals surface area contributed by atoms with Gasteiger partial charge in [-0.3, -0.25) is 9.59 Å². The van der Waals surface area contributed by atoms with Crippen molar-refractivity contribution in [2.45, 2.75) is 39.2 Å². The summed E-state index contributed by atoms with van der Waals surface area (Å²) in [5.74, 6) is -0.875. The molecule has 19 heavy (non-hydrogen) atoms. The van der Waals surface area contributed by atoms with Crippen molar-refractivity contribution in [1.29, 1.82) is 0 Å². The van der Waals surface area contributed by atoms with Crippen molar-refractivity contribution in [2.24, 2.45) is 5.73 Å². The van der Waals surface area contributed by atoms with E-state index in [2.05, 4.69) is 10.3 Å². The number of carbonyl (C=O) groups excluding carboxylic acids is 1. The Hall–Kier alpha value is -2.11. The van der Waals surface area contributed by atoms with Crippen molar-refractivity contribution in [3.63, 3.8) is 0 Å². The van der Waals surface area contributed by atoms with Gasteiger partial charge in [-0.15, -0.1) is 0 Å². The normalized spacial score (nSPS) is 11.9. The van der Waals surface area contributed by atoms with Gasteiger partial charge < -0.3 is 16.2 Å². The van der Waals surface area contributed by atoms with Gasteiger partial charge in [-0.25, -0.2) is 4.98 Å². The summed E-state index contributed by atoms with van der Waals surface area (Å²) in [6.07, 6.45) is 2.99. The number of aliphatic carboxylic acids is 1. The van der Waals surface area contributed by atoms with E-state index in [4.69, 9.17) is 10.8 Å². The summed E-state index contributed by atoms with van der Waals surface area (Å²) < 4.78 is 0. The van der Waals surface area contributed by atoms with E-state index in [1.807, 2.05) is 6.92 Å². The molecule has 0 radical (unpaired) electrons. The van der Waals surface area contributed by atoms with Crippen LogP contribution in [-0.2, 0) is 4.79 Å². The number of nitrogens with one attached hydrogen (secondary N) is 1. The number of nitrogens with two attached hydrogens (primary N) is 1. The number of primary amides is 1. The number of carboxylic acids is 1. The molecule has 104 valence electrons. The van der Waals surface area contributed by atoms with E-state index in [-0.39, 0.29) is 12.5 Å². The highest BCUT2D eigenvalue weighted by molar-refractivity contribution is 5.99. The summed E-state index contributed by atoms with van der Waals surface area (Å²) in [7, 11) is 0. The second-order valence-electron chi connectivity index (χ2n) is 4.55. The van der Waals surface area contributed by atoms with Crippen LogP contribution in [0.25, 0.3) is 0 Å². The molecule has 1 unspecified atom stereocenters. The molecule has 0 aliphatic rings. The van der Waals surface area contributed by atoms with Crippen molar-refractivity contribution in [1.82, 2.24) is 4.98 Å². The maximum atomic E-state index is 11.4. The summed E-state index contributed by atoms with van der Waals surface area (Å²) in [4.78, 5) is 25.9. The fraction of sp³-hybridized carbons (Fsp3) is 0.462. The van der Waals surface area contributed by atoms with Crippen LogP contribution in [0, 0.1) is 6.92 Å². The number of carboxylic acid groups (broad SMARTS) is 1. The molecule has 0 spiro atoms. The second kappa shape index (κ2) is 6.72. The van der Waals surface area contributed by atoms with Crippen LogP contribution in [0.1, 0.15) is 42.1 Å². The number of aryl methyl sites for hydroxylation is 1. The highest BCUT2D eigenvalue weighted by atomic mass is 16.4. The first-order valence-corrected chi connectivity index (χ1v) is 6.15. The minimum atomic E-state index is -0.807. The SMILES string of the molecule is Cc1ccnc(NC(C)CCCC(=O)O)c1C(N)=O. The topological polar surface area (TPSA) is 105 Å². The summed E-state index contributed by atoms with van der Waals surface area (Å²) in [5.41, 5.74) is 6.48. The van der Waals surface area contributed by atoms with Crippen LogP contribution in [0.15, 0.2) is 12.3 Å². The lowest BCUT2D eigenvalue weighted by atomic mass is 10.1. The number of amides is 1. The first-order chi connectivity index (χ1) is 8.91. The minimum absolute atomic E-state index is 0.0201. The monoisotopic (exact) mass is 265 g/mol. The molecule has 0 bridgehead atoms. The fourth-order valence-electron chi connectivity index (χ4n) is 1.84. The maximum absolute atomic E-state index is 11.4. The highest BCUT2D eigenvalue weighted by Crippen LogP contribution is 2.17. The van der Waals surface area contributed by atoms with Gasteiger partial charge in [-0.2, -0.15) is 0 Å². The highest BCUT2D eigenvalue weighted by Gasteiger charge is 2.14.